The molecule has 0 unspecified atom stereocenters. The van der Waals surface area contributed by atoms with Crippen molar-refractivity contribution in [2.24, 2.45) is 0 Å². The van der Waals surface area contributed by atoms with Crippen molar-refractivity contribution >= 4 is 5.97 Å². The highest BCUT2D eigenvalue weighted by Crippen LogP contribution is 2.16. The van der Waals surface area contributed by atoms with E-state index in [2.05, 4.69) is 6.92 Å². The molecule has 0 heterocycles. The Labute approximate surface area is 109 Å². The fourth-order valence-electron chi connectivity index (χ4n) is 1.83. The highest BCUT2D eigenvalue weighted by atomic mass is 16.5. The number of ether oxygens (including phenoxy) is 1. The molecule has 0 bridgehead atoms. The maximum absolute atomic E-state index is 11.8. The molecule has 1 aromatic carbocycles. The summed E-state index contributed by atoms with van der Waals surface area (Å²) in [6.45, 7) is 4.44. The molecular formula is C15H22O3. The van der Waals surface area contributed by atoms with Crippen molar-refractivity contribution in [2.75, 3.05) is 6.61 Å². The van der Waals surface area contributed by atoms with Gasteiger partial charge < -0.3 is 9.84 Å². The van der Waals surface area contributed by atoms with Crippen molar-refractivity contribution < 1.29 is 14.6 Å². The zero-order valence-electron chi connectivity index (χ0n) is 11.2. The summed E-state index contributed by atoms with van der Waals surface area (Å²) < 4.78 is 5.21. The molecule has 0 atom stereocenters. The van der Waals surface area contributed by atoms with E-state index in [0.717, 1.165) is 18.4 Å². The van der Waals surface area contributed by atoms with Crippen molar-refractivity contribution in [1.82, 2.24) is 0 Å². The molecule has 3 heteroatoms. The average Bonchev–Trinajstić information content (AvgIpc) is 2.33. The van der Waals surface area contributed by atoms with E-state index < -0.39 is 0 Å². The minimum atomic E-state index is -0.303. The molecule has 100 valence electrons. The summed E-state index contributed by atoms with van der Waals surface area (Å²) in [6, 6.07) is 4.67. The Morgan fingerprint density at radius 2 is 1.94 bits per heavy atom. The van der Waals surface area contributed by atoms with Crippen LogP contribution in [0.3, 0.4) is 0 Å². The lowest BCUT2D eigenvalue weighted by Crippen LogP contribution is -2.08. The Morgan fingerprint density at radius 3 is 2.61 bits per heavy atom. The van der Waals surface area contributed by atoms with Crippen molar-refractivity contribution in [1.29, 1.82) is 0 Å². The van der Waals surface area contributed by atoms with Gasteiger partial charge in [-0.05, 0) is 37.1 Å². The van der Waals surface area contributed by atoms with Crippen LogP contribution in [0, 0.1) is 6.92 Å². The van der Waals surface area contributed by atoms with Crippen molar-refractivity contribution in [3.63, 3.8) is 0 Å². The molecule has 1 rings (SSSR count). The Kier molecular flexibility index (Phi) is 6.26. The minimum Gasteiger partial charge on any atom is -0.508 e. The van der Waals surface area contributed by atoms with Crippen molar-refractivity contribution in [3.8, 4) is 5.75 Å². The maximum Gasteiger partial charge on any atom is 0.338 e. The number of rotatable bonds is 7. The Bertz CT molecular complexity index is 385. The molecule has 0 aliphatic rings. The van der Waals surface area contributed by atoms with Gasteiger partial charge in [-0.3, -0.25) is 0 Å². The van der Waals surface area contributed by atoms with Crippen LogP contribution in [0.2, 0.25) is 0 Å². The molecule has 1 N–H and O–H groups in total. The minimum absolute atomic E-state index is 0.170. The largest absolute Gasteiger partial charge is 0.508 e. The zero-order chi connectivity index (χ0) is 13.4. The number of esters is 1. The molecule has 0 saturated carbocycles. The molecule has 0 aromatic heterocycles. The van der Waals surface area contributed by atoms with Crippen LogP contribution in [0.15, 0.2) is 18.2 Å². The van der Waals surface area contributed by atoms with Crippen LogP contribution in [0.5, 0.6) is 5.75 Å². The number of phenolic OH excluding ortho intramolecular Hbond substituents is 1. The summed E-state index contributed by atoms with van der Waals surface area (Å²) in [6.07, 6.45) is 5.68. The number of hydrogen-bond acceptors (Lipinski definition) is 3. The standard InChI is InChI=1S/C15H22O3/c1-3-4-5-6-7-10-18-15(17)14-9-8-13(16)11-12(14)2/h8-9,11,16H,3-7,10H2,1-2H3. The van der Waals surface area contributed by atoms with E-state index in [4.69, 9.17) is 4.74 Å². The molecular weight excluding hydrogens is 228 g/mol. The third-order valence-corrected chi connectivity index (χ3v) is 2.91. The molecule has 0 radical (unpaired) electrons. The predicted octanol–water partition coefficient (Wildman–Crippen LogP) is 3.83. The molecule has 18 heavy (non-hydrogen) atoms. The van der Waals surface area contributed by atoms with E-state index >= 15 is 0 Å². The summed E-state index contributed by atoms with van der Waals surface area (Å²) in [7, 11) is 0. The van der Waals surface area contributed by atoms with Gasteiger partial charge in [0.1, 0.15) is 5.75 Å². The van der Waals surface area contributed by atoms with Crippen molar-refractivity contribution in [2.45, 2.75) is 46.0 Å². The van der Waals surface area contributed by atoms with Gasteiger partial charge >= 0.3 is 5.97 Å². The number of aromatic hydroxyl groups is 1. The fraction of sp³-hybridized carbons (Fsp3) is 0.533. The first kappa shape index (κ1) is 14.6. The number of carbonyl (C=O) groups excluding carboxylic acids is 1. The summed E-state index contributed by atoms with van der Waals surface area (Å²) in [4.78, 5) is 11.8. The lowest BCUT2D eigenvalue weighted by molar-refractivity contribution is 0.0497. The van der Waals surface area contributed by atoms with E-state index in [0.29, 0.717) is 12.2 Å². The molecule has 3 nitrogen and oxygen atoms in total. The number of carbonyl (C=O) groups is 1. The third kappa shape index (κ3) is 4.78. The third-order valence-electron chi connectivity index (χ3n) is 2.91. The van der Waals surface area contributed by atoms with Gasteiger partial charge in [0.15, 0.2) is 0 Å². The molecule has 0 amide bonds. The molecule has 1 aromatic rings. The van der Waals surface area contributed by atoms with Crippen LogP contribution >= 0.6 is 0 Å². The monoisotopic (exact) mass is 250 g/mol. The van der Waals surface area contributed by atoms with Gasteiger partial charge in [0.05, 0.1) is 12.2 Å². The van der Waals surface area contributed by atoms with Crippen LogP contribution < -0.4 is 0 Å². The predicted molar refractivity (Wildman–Crippen MR) is 71.9 cm³/mol. The topological polar surface area (TPSA) is 46.5 Å². The second kappa shape index (κ2) is 7.75. The van der Waals surface area contributed by atoms with Crippen LogP contribution in [0.1, 0.15) is 54.9 Å². The molecule has 0 aliphatic heterocycles. The molecule has 0 spiro atoms. The summed E-state index contributed by atoms with van der Waals surface area (Å²) in [5, 5.41) is 9.26. The first-order valence-electron chi connectivity index (χ1n) is 6.62. The second-order valence-electron chi connectivity index (χ2n) is 4.55. The van der Waals surface area contributed by atoms with Crippen LogP contribution in [-0.2, 0) is 4.74 Å². The molecule has 0 aliphatic carbocycles. The number of hydrogen-bond donors (Lipinski definition) is 1. The first-order chi connectivity index (χ1) is 8.65. The normalized spacial score (nSPS) is 10.3. The van der Waals surface area contributed by atoms with Crippen LogP contribution in [0.25, 0.3) is 0 Å². The number of aryl methyl sites for hydroxylation is 1. The smallest absolute Gasteiger partial charge is 0.338 e. The van der Waals surface area contributed by atoms with Gasteiger partial charge in [-0.15, -0.1) is 0 Å². The Hall–Kier alpha value is -1.51. The summed E-state index contributed by atoms with van der Waals surface area (Å²) in [5.41, 5.74) is 1.27. The van der Waals surface area contributed by atoms with Gasteiger partial charge in [-0.25, -0.2) is 4.79 Å². The van der Waals surface area contributed by atoms with Crippen molar-refractivity contribution in [3.05, 3.63) is 29.3 Å². The van der Waals surface area contributed by atoms with Gasteiger partial charge in [0.25, 0.3) is 0 Å². The van der Waals surface area contributed by atoms with Gasteiger partial charge in [-0.1, -0.05) is 32.6 Å². The van der Waals surface area contributed by atoms with E-state index in [1.165, 1.54) is 25.3 Å². The summed E-state index contributed by atoms with van der Waals surface area (Å²) in [5.74, 6) is -0.133. The lowest BCUT2D eigenvalue weighted by Gasteiger charge is -2.07. The van der Waals surface area contributed by atoms with E-state index in [1.54, 1.807) is 19.1 Å². The lowest BCUT2D eigenvalue weighted by atomic mass is 10.1. The molecule has 0 saturated heterocycles. The zero-order valence-corrected chi connectivity index (χ0v) is 11.2. The average molecular weight is 250 g/mol. The van der Waals surface area contributed by atoms with E-state index in [1.807, 2.05) is 0 Å². The van der Waals surface area contributed by atoms with Crippen LogP contribution in [-0.4, -0.2) is 17.7 Å². The highest BCUT2D eigenvalue weighted by molar-refractivity contribution is 5.91. The van der Waals surface area contributed by atoms with Crippen LogP contribution in [0.4, 0.5) is 0 Å². The number of unbranched alkanes of at least 4 members (excludes halogenated alkanes) is 4. The first-order valence-corrected chi connectivity index (χ1v) is 6.62. The second-order valence-corrected chi connectivity index (χ2v) is 4.55. The number of phenols is 1. The number of benzene rings is 1. The quantitative estimate of drug-likeness (QED) is 0.591. The Balaban J connectivity index is 2.32. The SMILES string of the molecule is CCCCCCCOC(=O)c1ccc(O)cc1C. The van der Waals surface area contributed by atoms with Gasteiger partial charge in [0, 0.05) is 0 Å². The van der Waals surface area contributed by atoms with E-state index in [9.17, 15) is 9.90 Å². The van der Waals surface area contributed by atoms with Gasteiger partial charge in [0.2, 0.25) is 0 Å². The Morgan fingerprint density at radius 1 is 1.22 bits per heavy atom. The molecule has 0 fully saturated rings. The van der Waals surface area contributed by atoms with E-state index in [-0.39, 0.29) is 11.7 Å². The van der Waals surface area contributed by atoms with Gasteiger partial charge in [-0.2, -0.15) is 0 Å². The summed E-state index contributed by atoms with van der Waals surface area (Å²) >= 11 is 0. The maximum atomic E-state index is 11.8. The highest BCUT2D eigenvalue weighted by Gasteiger charge is 2.10. The fourth-order valence-corrected chi connectivity index (χ4v) is 1.83.